The van der Waals surface area contributed by atoms with Gasteiger partial charge in [-0.2, -0.15) is 0 Å². The van der Waals surface area contributed by atoms with Crippen molar-refractivity contribution in [2.45, 2.75) is 18.4 Å². The summed E-state index contributed by atoms with van der Waals surface area (Å²) >= 11 is 0. The number of rotatable bonds is 0. The number of likely N-dealkylation sites (N-methyl/N-ethyl adjacent to an activating group) is 1. The highest BCUT2D eigenvalue weighted by atomic mass is 16.7. The van der Waals surface area contributed by atoms with E-state index in [0.29, 0.717) is 23.6 Å². The fourth-order valence-corrected chi connectivity index (χ4v) is 4.41. The van der Waals surface area contributed by atoms with Crippen LogP contribution in [0.3, 0.4) is 0 Å². The summed E-state index contributed by atoms with van der Waals surface area (Å²) in [5, 5.41) is 0. The second kappa shape index (κ2) is 5.22. The van der Waals surface area contributed by atoms with Crippen molar-refractivity contribution >= 4 is 5.78 Å². The number of carbonyl (C=O) groups excluding carboxylic acids is 1. The van der Waals surface area contributed by atoms with Gasteiger partial charge in [0.1, 0.15) is 11.9 Å². The quantitative estimate of drug-likeness (QED) is 0.694. The monoisotopic (exact) mass is 367 g/mol. The molecule has 138 valence electrons. The number of ether oxygens (including phenoxy) is 5. The molecule has 7 heteroatoms. The highest BCUT2D eigenvalue weighted by molar-refractivity contribution is 6.08. The van der Waals surface area contributed by atoms with Gasteiger partial charge in [-0.3, -0.25) is 9.69 Å². The second-order valence-corrected chi connectivity index (χ2v) is 7.10. The Morgan fingerprint density at radius 3 is 3.04 bits per heavy atom. The maximum Gasteiger partial charge on any atom is 0.231 e. The molecule has 7 nitrogen and oxygen atoms in total. The van der Waals surface area contributed by atoms with Crippen LogP contribution in [0.25, 0.3) is 0 Å². The van der Waals surface area contributed by atoms with Crippen molar-refractivity contribution in [2.24, 2.45) is 0 Å². The Morgan fingerprint density at radius 2 is 2.11 bits per heavy atom. The van der Waals surface area contributed by atoms with Gasteiger partial charge in [-0.25, -0.2) is 0 Å². The van der Waals surface area contributed by atoms with E-state index in [1.807, 2.05) is 24.1 Å². The topological polar surface area (TPSA) is 66.5 Å². The summed E-state index contributed by atoms with van der Waals surface area (Å²) in [4.78, 5) is 15.7. The molecule has 4 heterocycles. The van der Waals surface area contributed by atoms with Crippen molar-refractivity contribution in [3.05, 3.63) is 58.4 Å². The Hall–Kier alpha value is -2.61. The van der Waals surface area contributed by atoms with Gasteiger partial charge in [0.15, 0.2) is 18.3 Å². The molecule has 0 amide bonds. The summed E-state index contributed by atoms with van der Waals surface area (Å²) in [5.74, 6) is 1.94. The summed E-state index contributed by atoms with van der Waals surface area (Å²) < 4.78 is 28.5. The normalized spacial score (nSPS) is 30.8. The van der Waals surface area contributed by atoms with Crippen LogP contribution in [-0.4, -0.2) is 49.7 Å². The van der Waals surface area contributed by atoms with E-state index in [-0.39, 0.29) is 32.1 Å². The highest BCUT2D eigenvalue weighted by Crippen LogP contribution is 2.48. The van der Waals surface area contributed by atoms with Crippen molar-refractivity contribution in [3.8, 4) is 11.5 Å². The minimum atomic E-state index is -1.18. The molecule has 0 radical (unpaired) electrons. The first-order valence-electron chi connectivity index (χ1n) is 8.89. The standard InChI is InChI=1S/C20H17NO6/c1-21-5-4-11-6-16-17(25-9-24-16)7-14(11)20(21)19(22)12-2-3-15-18(26-10-23-15)13(12)8-27-20/h2-4,6-7,17H,5,8-10H2,1H3. The third-order valence-corrected chi connectivity index (χ3v) is 5.79. The summed E-state index contributed by atoms with van der Waals surface area (Å²) in [6.45, 7) is 1.24. The molecule has 2 atom stereocenters. The van der Waals surface area contributed by atoms with E-state index < -0.39 is 5.72 Å². The van der Waals surface area contributed by atoms with Crippen LogP contribution in [0.2, 0.25) is 0 Å². The lowest BCUT2D eigenvalue weighted by Gasteiger charge is -2.47. The molecule has 4 aliphatic heterocycles. The average molecular weight is 367 g/mol. The van der Waals surface area contributed by atoms with Gasteiger partial charge in [0.25, 0.3) is 0 Å². The summed E-state index contributed by atoms with van der Waals surface area (Å²) in [6, 6.07) is 3.60. The van der Waals surface area contributed by atoms with Gasteiger partial charge in [0, 0.05) is 23.2 Å². The Balaban J connectivity index is 1.51. The van der Waals surface area contributed by atoms with Crippen LogP contribution >= 0.6 is 0 Å². The Kier molecular flexibility index (Phi) is 2.99. The molecule has 1 aromatic carbocycles. The lowest BCUT2D eigenvalue weighted by atomic mass is 9.79. The maximum atomic E-state index is 13.7. The largest absolute Gasteiger partial charge is 0.469 e. The minimum Gasteiger partial charge on any atom is -0.469 e. The summed E-state index contributed by atoms with van der Waals surface area (Å²) in [5.41, 5.74) is 1.93. The fourth-order valence-electron chi connectivity index (χ4n) is 4.41. The average Bonchev–Trinajstić information content (AvgIpc) is 3.34. The van der Waals surface area contributed by atoms with Crippen molar-refractivity contribution in [1.82, 2.24) is 4.90 Å². The molecule has 0 bridgehead atoms. The smallest absolute Gasteiger partial charge is 0.231 e. The van der Waals surface area contributed by atoms with E-state index in [4.69, 9.17) is 23.7 Å². The molecule has 1 spiro atoms. The fraction of sp³-hybridized carbons (Fsp3) is 0.350. The third-order valence-electron chi connectivity index (χ3n) is 5.79. The molecule has 1 fully saturated rings. The van der Waals surface area contributed by atoms with Gasteiger partial charge in [0.2, 0.25) is 18.3 Å². The van der Waals surface area contributed by atoms with Crippen LogP contribution in [0.1, 0.15) is 15.9 Å². The van der Waals surface area contributed by atoms with Crippen molar-refractivity contribution in [1.29, 1.82) is 0 Å². The van der Waals surface area contributed by atoms with Crippen molar-refractivity contribution in [3.63, 3.8) is 0 Å². The maximum absolute atomic E-state index is 13.7. The van der Waals surface area contributed by atoms with Crippen LogP contribution in [0.15, 0.2) is 47.3 Å². The number of ketones is 1. The summed E-state index contributed by atoms with van der Waals surface area (Å²) in [6.07, 6.45) is 5.69. The molecular weight excluding hydrogens is 350 g/mol. The Labute approximate surface area is 155 Å². The zero-order valence-electron chi connectivity index (χ0n) is 14.7. The first-order chi connectivity index (χ1) is 13.2. The Morgan fingerprint density at radius 1 is 1.19 bits per heavy atom. The van der Waals surface area contributed by atoms with Gasteiger partial charge in [-0.05, 0) is 36.9 Å². The molecule has 1 aliphatic carbocycles. The molecule has 0 saturated carbocycles. The lowest BCUT2D eigenvalue weighted by molar-refractivity contribution is -0.103. The SMILES string of the molecule is CN1CC=C2C=C3OCOC3C=C2C12OCc1c(ccc3c1OCO3)C2=O. The van der Waals surface area contributed by atoms with E-state index in [9.17, 15) is 4.79 Å². The zero-order valence-corrected chi connectivity index (χ0v) is 14.7. The van der Waals surface area contributed by atoms with Crippen LogP contribution in [0.5, 0.6) is 11.5 Å². The van der Waals surface area contributed by atoms with Gasteiger partial charge >= 0.3 is 0 Å². The van der Waals surface area contributed by atoms with Crippen LogP contribution in [0, 0.1) is 0 Å². The van der Waals surface area contributed by atoms with E-state index in [1.54, 1.807) is 12.1 Å². The molecule has 2 unspecified atom stereocenters. The first kappa shape index (κ1) is 15.4. The predicted molar refractivity (Wildman–Crippen MR) is 92.1 cm³/mol. The van der Waals surface area contributed by atoms with Crippen molar-refractivity contribution < 1.29 is 28.5 Å². The van der Waals surface area contributed by atoms with Gasteiger partial charge < -0.3 is 23.7 Å². The number of nitrogens with zero attached hydrogens (tertiary/aromatic N) is 1. The molecule has 5 aliphatic rings. The molecule has 27 heavy (non-hydrogen) atoms. The number of Topliss-reactive ketones (excluding diaryl/α,β-unsaturated/α-hetero) is 1. The number of carbonyl (C=O) groups is 1. The van der Waals surface area contributed by atoms with Gasteiger partial charge in [0.05, 0.1) is 6.61 Å². The molecule has 0 aromatic heterocycles. The van der Waals surface area contributed by atoms with Gasteiger partial charge in [-0.15, -0.1) is 0 Å². The van der Waals surface area contributed by atoms with Gasteiger partial charge in [-0.1, -0.05) is 6.08 Å². The molecule has 6 rings (SSSR count). The number of fused-ring (bicyclic) bond motifs is 6. The first-order valence-corrected chi connectivity index (χ1v) is 8.89. The Bertz CT molecular complexity index is 977. The number of allylic oxidation sites excluding steroid dienone is 1. The second-order valence-electron chi connectivity index (χ2n) is 7.10. The lowest BCUT2D eigenvalue weighted by Crippen LogP contribution is -2.60. The highest BCUT2D eigenvalue weighted by Gasteiger charge is 2.54. The van der Waals surface area contributed by atoms with E-state index in [2.05, 4.69) is 6.08 Å². The third kappa shape index (κ3) is 1.88. The number of benzene rings is 1. The predicted octanol–water partition coefficient (Wildman–Crippen LogP) is 1.89. The van der Waals surface area contributed by atoms with Crippen LogP contribution in [0.4, 0.5) is 0 Å². The molecule has 1 saturated heterocycles. The number of hydrogen-bond donors (Lipinski definition) is 0. The molecular formula is C20H17NO6. The van der Waals surface area contributed by atoms with E-state index in [1.165, 1.54) is 0 Å². The summed E-state index contributed by atoms with van der Waals surface area (Å²) in [7, 11) is 1.90. The minimum absolute atomic E-state index is 0.0998. The van der Waals surface area contributed by atoms with Crippen molar-refractivity contribution in [2.75, 3.05) is 27.2 Å². The van der Waals surface area contributed by atoms with E-state index in [0.717, 1.165) is 22.5 Å². The molecule has 0 N–H and O–H groups in total. The van der Waals surface area contributed by atoms with E-state index >= 15 is 0 Å². The van der Waals surface area contributed by atoms with Crippen LogP contribution < -0.4 is 9.47 Å². The molecule has 1 aromatic rings. The van der Waals surface area contributed by atoms with Crippen LogP contribution in [-0.2, 0) is 20.8 Å². The number of hydrogen-bond acceptors (Lipinski definition) is 7. The zero-order chi connectivity index (χ0) is 18.2.